The van der Waals surface area contributed by atoms with Crippen molar-refractivity contribution in [3.05, 3.63) is 0 Å². The van der Waals surface area contributed by atoms with Crippen molar-refractivity contribution in [2.24, 2.45) is 5.92 Å². The van der Waals surface area contributed by atoms with Gasteiger partial charge in [0.1, 0.15) is 38.6 Å². The van der Waals surface area contributed by atoms with E-state index >= 15 is 0 Å². The van der Waals surface area contributed by atoms with Crippen LogP contribution < -0.4 is 0 Å². The summed E-state index contributed by atoms with van der Waals surface area (Å²) in [4.78, 5) is 65.7. The van der Waals surface area contributed by atoms with Crippen molar-refractivity contribution >= 4 is 30.0 Å². The monoisotopic (exact) mass is 1050 g/mol. The van der Waals surface area contributed by atoms with Crippen LogP contribution in [0.4, 0.5) is 4.79 Å². The van der Waals surface area contributed by atoms with Gasteiger partial charge >= 0.3 is 30.0 Å². The molecule has 0 heterocycles. The molecule has 0 amide bonds. The molecule has 0 saturated heterocycles. The standard InChI is InChI=1S/C61H115NO12/c1-7-11-15-19-23-31-39-55(40-32-24-20-16-12-8-2)73-59(65)45-37-29-27-35-43-57(63)70-51-54(53-72-61(67)69-50-48-62(5)47-49-68-6)52-71-58(64)44-36-28-30-38-46-60(66)74-56(41-33-25-21-17-13-9-3)42-34-26-22-18-14-10-4/h54-56H,7-53H2,1-6H3. The van der Waals surface area contributed by atoms with Crippen molar-refractivity contribution in [3.63, 3.8) is 0 Å². The number of unbranched alkanes of at least 4 members (excludes halogenated alkanes) is 26. The summed E-state index contributed by atoms with van der Waals surface area (Å²) in [6.45, 7) is 10.5. The maximum Gasteiger partial charge on any atom is 0.508 e. The number of methoxy groups -OCH3 is 1. The first kappa shape index (κ1) is 71.1. The van der Waals surface area contributed by atoms with E-state index in [-0.39, 0.29) is 75.4 Å². The van der Waals surface area contributed by atoms with Crippen molar-refractivity contribution in [2.75, 3.05) is 60.3 Å². The molecule has 0 saturated carbocycles. The summed E-state index contributed by atoms with van der Waals surface area (Å²) in [5.74, 6) is -1.58. The first-order valence-electron chi connectivity index (χ1n) is 30.7. The lowest BCUT2D eigenvalue weighted by Crippen LogP contribution is -2.29. The van der Waals surface area contributed by atoms with Crippen LogP contribution in [-0.2, 0) is 52.3 Å². The molecule has 0 spiro atoms. The molecule has 0 aliphatic heterocycles. The molecule has 13 heteroatoms. The van der Waals surface area contributed by atoms with E-state index in [1.807, 2.05) is 11.9 Å². The molecule has 0 aliphatic rings. The number of nitrogens with zero attached hydrogens (tertiary/aromatic N) is 1. The van der Waals surface area contributed by atoms with Gasteiger partial charge in [0.05, 0.1) is 12.5 Å². The number of esters is 4. The Morgan fingerprint density at radius 3 is 1.00 bits per heavy atom. The maximum absolute atomic E-state index is 12.8. The highest BCUT2D eigenvalue weighted by Crippen LogP contribution is 2.21. The molecular formula is C61H115NO12. The van der Waals surface area contributed by atoms with E-state index in [1.54, 1.807) is 7.11 Å². The van der Waals surface area contributed by atoms with Crippen LogP contribution in [-0.4, -0.2) is 107 Å². The average Bonchev–Trinajstić information content (AvgIpc) is 3.38. The fourth-order valence-corrected chi connectivity index (χ4v) is 8.99. The average molecular weight is 1050 g/mol. The number of ether oxygens (including phenoxy) is 7. The maximum atomic E-state index is 12.8. The number of hydrogen-bond donors (Lipinski definition) is 0. The molecule has 0 aromatic heterocycles. The van der Waals surface area contributed by atoms with Gasteiger partial charge in [0.2, 0.25) is 0 Å². The third-order valence-corrected chi connectivity index (χ3v) is 13.9. The Morgan fingerprint density at radius 1 is 0.351 bits per heavy atom. The van der Waals surface area contributed by atoms with Gasteiger partial charge in [0, 0.05) is 45.9 Å². The van der Waals surface area contributed by atoms with Gasteiger partial charge in [-0.2, -0.15) is 0 Å². The summed E-state index contributed by atoms with van der Waals surface area (Å²) >= 11 is 0. The van der Waals surface area contributed by atoms with Crippen molar-refractivity contribution in [1.29, 1.82) is 0 Å². The molecular weight excluding hydrogens is 939 g/mol. The minimum Gasteiger partial charge on any atom is -0.465 e. The molecule has 0 aromatic carbocycles. The second-order valence-corrected chi connectivity index (χ2v) is 21.2. The van der Waals surface area contributed by atoms with Gasteiger partial charge in [-0.15, -0.1) is 0 Å². The van der Waals surface area contributed by atoms with E-state index < -0.39 is 12.1 Å². The third-order valence-electron chi connectivity index (χ3n) is 13.9. The molecule has 0 rings (SSSR count). The van der Waals surface area contributed by atoms with E-state index in [2.05, 4.69) is 27.7 Å². The Kier molecular flexibility index (Phi) is 52.7. The summed E-state index contributed by atoms with van der Waals surface area (Å²) in [6.07, 6.45) is 39.4. The summed E-state index contributed by atoms with van der Waals surface area (Å²) in [5, 5.41) is 0. The topological polar surface area (TPSA) is 153 Å². The molecule has 0 bridgehead atoms. The lowest BCUT2D eigenvalue weighted by atomic mass is 10.0. The predicted molar refractivity (Wildman–Crippen MR) is 299 cm³/mol. The smallest absolute Gasteiger partial charge is 0.465 e. The Hall–Kier alpha value is -2.93. The van der Waals surface area contributed by atoms with Crippen LogP contribution in [0, 0.1) is 5.92 Å². The minimum atomic E-state index is -0.849. The fraction of sp³-hybridized carbons (Fsp3) is 0.918. The second kappa shape index (κ2) is 54.8. The highest BCUT2D eigenvalue weighted by molar-refractivity contribution is 5.70. The van der Waals surface area contributed by atoms with Gasteiger partial charge in [0.15, 0.2) is 0 Å². The Bertz CT molecular complexity index is 1190. The van der Waals surface area contributed by atoms with Gasteiger partial charge in [-0.25, -0.2) is 4.79 Å². The number of carbonyl (C=O) groups is 5. The summed E-state index contributed by atoms with van der Waals surface area (Å²) in [6, 6.07) is 0. The van der Waals surface area contributed by atoms with Crippen LogP contribution in [0.1, 0.15) is 285 Å². The SMILES string of the molecule is CCCCCCCCC(CCCCCCCC)OC(=O)CCCCCCC(=O)OCC(COC(=O)CCCCCCC(=O)OC(CCCCCCCC)CCCCCCCC)COC(=O)OCCN(C)CCOC. The van der Waals surface area contributed by atoms with E-state index in [0.717, 1.165) is 77.0 Å². The third kappa shape index (κ3) is 49.9. The van der Waals surface area contributed by atoms with Gasteiger partial charge < -0.3 is 38.1 Å². The zero-order chi connectivity index (χ0) is 54.4. The fourth-order valence-electron chi connectivity index (χ4n) is 8.99. The number of hydrogen-bond acceptors (Lipinski definition) is 13. The van der Waals surface area contributed by atoms with Crippen molar-refractivity contribution in [2.45, 2.75) is 297 Å². The first-order chi connectivity index (χ1) is 36.1. The van der Waals surface area contributed by atoms with Crippen molar-refractivity contribution in [1.82, 2.24) is 4.90 Å². The molecule has 74 heavy (non-hydrogen) atoms. The van der Waals surface area contributed by atoms with Crippen LogP contribution in [0.3, 0.4) is 0 Å². The van der Waals surface area contributed by atoms with E-state index in [0.29, 0.717) is 58.2 Å². The normalized spacial score (nSPS) is 11.5. The van der Waals surface area contributed by atoms with Crippen LogP contribution in [0.2, 0.25) is 0 Å². The Balaban J connectivity index is 4.86. The van der Waals surface area contributed by atoms with Crippen LogP contribution >= 0.6 is 0 Å². The molecule has 0 aromatic rings. The Morgan fingerprint density at radius 2 is 0.649 bits per heavy atom. The molecule has 436 valence electrons. The van der Waals surface area contributed by atoms with Crippen molar-refractivity contribution < 1.29 is 57.1 Å². The van der Waals surface area contributed by atoms with Crippen LogP contribution in [0.25, 0.3) is 0 Å². The van der Waals surface area contributed by atoms with Gasteiger partial charge in [-0.3, -0.25) is 19.2 Å². The molecule has 13 nitrogen and oxygen atoms in total. The van der Waals surface area contributed by atoms with E-state index in [4.69, 9.17) is 33.2 Å². The lowest BCUT2D eigenvalue weighted by Gasteiger charge is -2.18. The minimum absolute atomic E-state index is 0.00782. The molecule has 0 aliphatic carbocycles. The zero-order valence-electron chi connectivity index (χ0n) is 48.8. The number of likely N-dealkylation sites (N-methyl/N-ethyl adjacent to an activating group) is 1. The van der Waals surface area contributed by atoms with Gasteiger partial charge in [-0.05, 0) is 84.1 Å². The van der Waals surface area contributed by atoms with E-state index in [1.165, 1.54) is 128 Å². The van der Waals surface area contributed by atoms with Gasteiger partial charge in [-0.1, -0.05) is 182 Å². The largest absolute Gasteiger partial charge is 0.508 e. The Labute approximate surface area is 453 Å². The highest BCUT2D eigenvalue weighted by atomic mass is 16.7. The summed E-state index contributed by atoms with van der Waals surface area (Å²) in [5.41, 5.74) is 0. The van der Waals surface area contributed by atoms with Gasteiger partial charge in [0.25, 0.3) is 0 Å². The second-order valence-electron chi connectivity index (χ2n) is 21.2. The summed E-state index contributed by atoms with van der Waals surface area (Å²) < 4.78 is 38.8. The molecule has 0 radical (unpaired) electrons. The lowest BCUT2D eigenvalue weighted by molar-refractivity contribution is -0.151. The molecule has 0 fully saturated rings. The highest BCUT2D eigenvalue weighted by Gasteiger charge is 2.20. The number of carbonyl (C=O) groups excluding carboxylic acids is 5. The van der Waals surface area contributed by atoms with Crippen LogP contribution in [0.5, 0.6) is 0 Å². The summed E-state index contributed by atoms with van der Waals surface area (Å²) in [7, 11) is 3.53. The quantitative estimate of drug-likeness (QED) is 0.0323. The van der Waals surface area contributed by atoms with Crippen molar-refractivity contribution in [3.8, 4) is 0 Å². The molecule has 0 atom stereocenters. The zero-order valence-corrected chi connectivity index (χ0v) is 48.8. The molecule has 0 unspecified atom stereocenters. The van der Waals surface area contributed by atoms with E-state index in [9.17, 15) is 24.0 Å². The first-order valence-corrected chi connectivity index (χ1v) is 30.7. The number of rotatable bonds is 56. The predicted octanol–water partition coefficient (Wildman–Crippen LogP) is 15.9. The molecule has 0 N–H and O–H groups in total. The van der Waals surface area contributed by atoms with Crippen LogP contribution in [0.15, 0.2) is 0 Å².